The van der Waals surface area contributed by atoms with Gasteiger partial charge in [-0.25, -0.2) is 4.39 Å². The SMILES string of the molecule is CCCCCCCCCC(NC)c1ccc(F)cc1C. The maximum absolute atomic E-state index is 13.1. The molecule has 2 heteroatoms. The highest BCUT2D eigenvalue weighted by atomic mass is 19.1. The summed E-state index contributed by atoms with van der Waals surface area (Å²) in [6, 6.07) is 5.47. The molecule has 0 aliphatic rings. The highest BCUT2D eigenvalue weighted by Gasteiger charge is 2.11. The molecule has 20 heavy (non-hydrogen) atoms. The first-order chi connectivity index (χ1) is 9.69. The Morgan fingerprint density at radius 2 is 1.70 bits per heavy atom. The molecule has 1 rings (SSSR count). The molecule has 0 radical (unpaired) electrons. The van der Waals surface area contributed by atoms with Gasteiger partial charge in [0.25, 0.3) is 0 Å². The van der Waals surface area contributed by atoms with E-state index < -0.39 is 0 Å². The van der Waals surface area contributed by atoms with Crippen molar-refractivity contribution in [2.75, 3.05) is 7.05 Å². The first-order valence-corrected chi connectivity index (χ1v) is 8.12. The van der Waals surface area contributed by atoms with Gasteiger partial charge in [-0.2, -0.15) is 0 Å². The van der Waals surface area contributed by atoms with Crippen molar-refractivity contribution in [1.29, 1.82) is 0 Å². The smallest absolute Gasteiger partial charge is 0.123 e. The van der Waals surface area contributed by atoms with Crippen molar-refractivity contribution in [3.63, 3.8) is 0 Å². The van der Waals surface area contributed by atoms with Crippen LogP contribution in [0.2, 0.25) is 0 Å². The lowest BCUT2D eigenvalue weighted by Crippen LogP contribution is -2.17. The summed E-state index contributed by atoms with van der Waals surface area (Å²) in [5.41, 5.74) is 2.28. The van der Waals surface area contributed by atoms with Crippen molar-refractivity contribution < 1.29 is 4.39 Å². The molecule has 1 atom stereocenters. The van der Waals surface area contributed by atoms with Crippen LogP contribution >= 0.6 is 0 Å². The number of hydrogen-bond donors (Lipinski definition) is 1. The number of unbranched alkanes of at least 4 members (excludes halogenated alkanes) is 6. The van der Waals surface area contributed by atoms with E-state index in [-0.39, 0.29) is 5.82 Å². The van der Waals surface area contributed by atoms with Crippen molar-refractivity contribution in [1.82, 2.24) is 5.32 Å². The summed E-state index contributed by atoms with van der Waals surface area (Å²) in [6.45, 7) is 4.25. The molecule has 0 saturated heterocycles. The first kappa shape index (κ1) is 17.2. The van der Waals surface area contributed by atoms with Crippen LogP contribution in [0.1, 0.15) is 75.5 Å². The Hall–Kier alpha value is -0.890. The number of rotatable bonds is 10. The van der Waals surface area contributed by atoms with E-state index >= 15 is 0 Å². The van der Waals surface area contributed by atoms with Gasteiger partial charge in [0.1, 0.15) is 5.82 Å². The van der Waals surface area contributed by atoms with Gasteiger partial charge in [-0.05, 0) is 43.7 Å². The molecule has 0 amide bonds. The van der Waals surface area contributed by atoms with Crippen molar-refractivity contribution in [3.05, 3.63) is 35.1 Å². The molecule has 0 bridgehead atoms. The number of benzene rings is 1. The third kappa shape index (κ3) is 6.04. The lowest BCUT2D eigenvalue weighted by Gasteiger charge is -2.19. The van der Waals surface area contributed by atoms with Crippen LogP contribution in [-0.2, 0) is 0 Å². The summed E-state index contributed by atoms with van der Waals surface area (Å²) < 4.78 is 13.1. The Bertz CT molecular complexity index is 376. The molecule has 0 saturated carbocycles. The van der Waals surface area contributed by atoms with Crippen LogP contribution in [0, 0.1) is 12.7 Å². The molecule has 1 aromatic carbocycles. The number of halogens is 1. The molecule has 114 valence electrons. The summed E-state index contributed by atoms with van der Waals surface area (Å²) in [7, 11) is 1.99. The molecule has 0 aromatic heterocycles. The first-order valence-electron chi connectivity index (χ1n) is 8.12. The van der Waals surface area contributed by atoms with E-state index in [0.717, 1.165) is 12.0 Å². The lowest BCUT2D eigenvalue weighted by atomic mass is 9.96. The maximum Gasteiger partial charge on any atom is 0.123 e. The van der Waals surface area contributed by atoms with E-state index in [2.05, 4.69) is 12.2 Å². The van der Waals surface area contributed by atoms with Crippen molar-refractivity contribution in [2.45, 2.75) is 71.3 Å². The monoisotopic (exact) mass is 279 g/mol. The largest absolute Gasteiger partial charge is 0.313 e. The van der Waals surface area contributed by atoms with Gasteiger partial charge < -0.3 is 5.32 Å². The van der Waals surface area contributed by atoms with Crippen LogP contribution < -0.4 is 5.32 Å². The second kappa shape index (κ2) is 9.93. The lowest BCUT2D eigenvalue weighted by molar-refractivity contribution is 0.493. The fourth-order valence-electron chi connectivity index (χ4n) is 2.79. The molecular formula is C18H30FN. The Morgan fingerprint density at radius 1 is 1.05 bits per heavy atom. The van der Waals surface area contributed by atoms with Crippen LogP contribution in [0.5, 0.6) is 0 Å². The van der Waals surface area contributed by atoms with Crippen LogP contribution in [0.3, 0.4) is 0 Å². The van der Waals surface area contributed by atoms with Gasteiger partial charge in [-0.3, -0.25) is 0 Å². The topological polar surface area (TPSA) is 12.0 Å². The Labute approximate surface area is 124 Å². The second-order valence-corrected chi connectivity index (χ2v) is 5.75. The van der Waals surface area contributed by atoms with E-state index in [1.807, 2.05) is 20.0 Å². The molecule has 1 N–H and O–H groups in total. The van der Waals surface area contributed by atoms with Gasteiger partial charge in [0.2, 0.25) is 0 Å². The summed E-state index contributed by atoms with van der Waals surface area (Å²) in [5.74, 6) is -0.142. The quantitative estimate of drug-likeness (QED) is 0.555. The van der Waals surface area contributed by atoms with E-state index in [4.69, 9.17) is 0 Å². The molecule has 0 fully saturated rings. The molecule has 1 aromatic rings. The minimum atomic E-state index is -0.142. The second-order valence-electron chi connectivity index (χ2n) is 5.75. The predicted molar refractivity (Wildman–Crippen MR) is 85.5 cm³/mol. The molecule has 1 unspecified atom stereocenters. The van der Waals surface area contributed by atoms with E-state index in [9.17, 15) is 4.39 Å². The zero-order valence-corrected chi connectivity index (χ0v) is 13.3. The van der Waals surface area contributed by atoms with Crippen LogP contribution in [0.25, 0.3) is 0 Å². The van der Waals surface area contributed by atoms with E-state index in [1.165, 1.54) is 50.5 Å². The fourth-order valence-corrected chi connectivity index (χ4v) is 2.79. The van der Waals surface area contributed by atoms with Crippen molar-refractivity contribution >= 4 is 0 Å². The average molecular weight is 279 g/mol. The van der Waals surface area contributed by atoms with E-state index in [1.54, 1.807) is 12.1 Å². The predicted octanol–water partition coefficient (Wildman–Crippen LogP) is 5.54. The van der Waals surface area contributed by atoms with Crippen LogP contribution in [-0.4, -0.2) is 7.05 Å². The standard InChI is InChI=1S/C18H30FN/c1-4-5-6-7-8-9-10-11-18(20-3)17-13-12-16(19)14-15(17)2/h12-14,18,20H,4-11H2,1-3H3. The van der Waals surface area contributed by atoms with Gasteiger partial charge in [0.05, 0.1) is 0 Å². The molecule has 0 spiro atoms. The zero-order valence-electron chi connectivity index (χ0n) is 13.3. The minimum Gasteiger partial charge on any atom is -0.313 e. The van der Waals surface area contributed by atoms with E-state index in [0.29, 0.717) is 6.04 Å². The summed E-state index contributed by atoms with van der Waals surface area (Å²) in [6.07, 6.45) is 10.5. The third-order valence-corrected chi connectivity index (χ3v) is 4.05. The minimum absolute atomic E-state index is 0.142. The average Bonchev–Trinajstić information content (AvgIpc) is 2.43. The summed E-state index contributed by atoms with van der Waals surface area (Å²) in [4.78, 5) is 0. The Kier molecular flexibility index (Phi) is 8.52. The third-order valence-electron chi connectivity index (χ3n) is 4.05. The van der Waals surface area contributed by atoms with Crippen LogP contribution in [0.4, 0.5) is 4.39 Å². The number of hydrogen-bond acceptors (Lipinski definition) is 1. The fraction of sp³-hybridized carbons (Fsp3) is 0.667. The summed E-state index contributed by atoms with van der Waals surface area (Å²) >= 11 is 0. The van der Waals surface area contributed by atoms with Gasteiger partial charge in [-0.1, -0.05) is 57.9 Å². The molecule has 1 nitrogen and oxygen atoms in total. The zero-order chi connectivity index (χ0) is 14.8. The molecule has 0 aliphatic carbocycles. The Morgan fingerprint density at radius 3 is 2.30 bits per heavy atom. The normalized spacial score (nSPS) is 12.6. The molecule has 0 heterocycles. The maximum atomic E-state index is 13.1. The van der Waals surface area contributed by atoms with Gasteiger partial charge in [-0.15, -0.1) is 0 Å². The number of aryl methyl sites for hydroxylation is 1. The van der Waals surface area contributed by atoms with Crippen molar-refractivity contribution in [3.8, 4) is 0 Å². The van der Waals surface area contributed by atoms with Gasteiger partial charge >= 0.3 is 0 Å². The van der Waals surface area contributed by atoms with Crippen molar-refractivity contribution in [2.24, 2.45) is 0 Å². The highest BCUT2D eigenvalue weighted by Crippen LogP contribution is 2.23. The highest BCUT2D eigenvalue weighted by molar-refractivity contribution is 5.29. The molecule has 0 aliphatic heterocycles. The molecular weight excluding hydrogens is 249 g/mol. The Balaban J connectivity index is 2.32. The van der Waals surface area contributed by atoms with Gasteiger partial charge in [0.15, 0.2) is 0 Å². The van der Waals surface area contributed by atoms with Gasteiger partial charge in [0, 0.05) is 6.04 Å². The summed E-state index contributed by atoms with van der Waals surface area (Å²) in [5, 5.41) is 3.37. The number of nitrogens with one attached hydrogen (secondary N) is 1. The van der Waals surface area contributed by atoms with Crippen LogP contribution in [0.15, 0.2) is 18.2 Å².